The molecule has 0 spiro atoms. The quantitative estimate of drug-likeness (QED) is 0.883. The van der Waals surface area contributed by atoms with E-state index in [1.165, 1.54) is 0 Å². The Kier molecular flexibility index (Phi) is 3.57. The summed E-state index contributed by atoms with van der Waals surface area (Å²) in [6.07, 6.45) is 1.97. The summed E-state index contributed by atoms with van der Waals surface area (Å²) in [4.78, 5) is 26.9. The smallest absolute Gasteiger partial charge is 0.392 e. The molecular weight excluding hydrogens is 276 g/mol. The van der Waals surface area contributed by atoms with E-state index >= 15 is 0 Å². The Labute approximate surface area is 119 Å². The number of carbonyl (C=O) groups excluding carboxylic acids is 1. The summed E-state index contributed by atoms with van der Waals surface area (Å²) < 4.78 is 10.6. The van der Waals surface area contributed by atoms with Crippen molar-refractivity contribution < 1.29 is 23.8 Å². The number of aromatic nitrogens is 1. The molecule has 1 aromatic heterocycles. The van der Waals surface area contributed by atoms with E-state index < -0.39 is 11.9 Å². The third-order valence-corrected chi connectivity index (χ3v) is 3.36. The van der Waals surface area contributed by atoms with Crippen LogP contribution in [0.4, 0.5) is 0 Å². The second kappa shape index (κ2) is 5.53. The third kappa shape index (κ3) is 2.73. The lowest BCUT2D eigenvalue weighted by Gasteiger charge is -2.10. The zero-order valence-corrected chi connectivity index (χ0v) is 11.2. The van der Waals surface area contributed by atoms with Crippen LogP contribution in [-0.2, 0) is 4.74 Å². The fourth-order valence-corrected chi connectivity index (χ4v) is 2.33. The van der Waals surface area contributed by atoms with Crippen LogP contribution >= 0.6 is 0 Å². The first-order valence-corrected chi connectivity index (χ1v) is 6.68. The lowest BCUT2D eigenvalue weighted by Crippen LogP contribution is -2.31. The molecule has 7 nitrogen and oxygen atoms in total. The lowest BCUT2D eigenvalue weighted by molar-refractivity contribution is 0.0655. The molecule has 0 radical (unpaired) electrons. The summed E-state index contributed by atoms with van der Waals surface area (Å²) in [7, 11) is 0. The molecule has 1 aromatic carbocycles. The van der Waals surface area contributed by atoms with Gasteiger partial charge in [0.15, 0.2) is 5.58 Å². The van der Waals surface area contributed by atoms with Crippen molar-refractivity contribution in [3.05, 3.63) is 29.7 Å². The van der Waals surface area contributed by atoms with Crippen molar-refractivity contribution in [2.45, 2.75) is 18.9 Å². The standard InChI is InChI=1S/C14H14N2O5/c17-12(15-7-8-3-2-6-20-8)9-4-1-5-10-11(9)21-13(16-10)14(18)19/h1,4-5,8H,2-3,6-7H2,(H,15,17)(H,18,19). The van der Waals surface area contributed by atoms with Crippen LogP contribution in [0.5, 0.6) is 0 Å². The first-order chi connectivity index (χ1) is 10.1. The minimum Gasteiger partial charge on any atom is -0.474 e. The highest BCUT2D eigenvalue weighted by Crippen LogP contribution is 2.20. The predicted molar refractivity (Wildman–Crippen MR) is 72.3 cm³/mol. The molecule has 3 rings (SSSR count). The number of carboxylic acids is 1. The third-order valence-electron chi connectivity index (χ3n) is 3.36. The van der Waals surface area contributed by atoms with Gasteiger partial charge in [0.05, 0.1) is 11.7 Å². The van der Waals surface area contributed by atoms with Crippen LogP contribution in [-0.4, -0.2) is 41.2 Å². The second-order valence-corrected chi connectivity index (χ2v) is 4.82. The van der Waals surface area contributed by atoms with Gasteiger partial charge < -0.3 is 19.6 Å². The number of ether oxygens (including phenoxy) is 1. The molecule has 1 aliphatic rings. The number of para-hydroxylation sites is 1. The number of carboxylic acid groups (broad SMARTS) is 1. The van der Waals surface area contributed by atoms with Gasteiger partial charge in [-0.15, -0.1) is 0 Å². The number of amides is 1. The zero-order chi connectivity index (χ0) is 14.8. The Morgan fingerprint density at radius 2 is 2.29 bits per heavy atom. The molecule has 0 saturated carbocycles. The van der Waals surface area contributed by atoms with Crippen molar-refractivity contribution in [2.75, 3.05) is 13.2 Å². The fourth-order valence-electron chi connectivity index (χ4n) is 2.33. The first kappa shape index (κ1) is 13.6. The summed E-state index contributed by atoms with van der Waals surface area (Å²) >= 11 is 0. The van der Waals surface area contributed by atoms with E-state index in [4.69, 9.17) is 14.3 Å². The predicted octanol–water partition coefficient (Wildman–Crippen LogP) is 1.43. The molecule has 21 heavy (non-hydrogen) atoms. The number of fused-ring (bicyclic) bond motifs is 1. The van der Waals surface area contributed by atoms with Gasteiger partial charge in [0.25, 0.3) is 5.91 Å². The molecule has 110 valence electrons. The van der Waals surface area contributed by atoms with Gasteiger partial charge in [-0.2, -0.15) is 0 Å². The maximum absolute atomic E-state index is 12.2. The van der Waals surface area contributed by atoms with Crippen molar-refractivity contribution in [1.29, 1.82) is 0 Å². The van der Waals surface area contributed by atoms with E-state index in [0.29, 0.717) is 12.1 Å². The van der Waals surface area contributed by atoms with Gasteiger partial charge in [-0.25, -0.2) is 9.78 Å². The van der Waals surface area contributed by atoms with Gasteiger partial charge in [-0.1, -0.05) is 6.07 Å². The highest BCUT2D eigenvalue weighted by atomic mass is 16.5. The first-order valence-electron chi connectivity index (χ1n) is 6.68. The summed E-state index contributed by atoms with van der Waals surface area (Å²) in [5.41, 5.74) is 0.794. The minimum atomic E-state index is -1.27. The molecule has 1 amide bonds. The van der Waals surface area contributed by atoms with Gasteiger partial charge in [0, 0.05) is 13.2 Å². The zero-order valence-electron chi connectivity index (χ0n) is 11.2. The van der Waals surface area contributed by atoms with Crippen molar-refractivity contribution in [2.24, 2.45) is 0 Å². The van der Waals surface area contributed by atoms with Gasteiger partial charge in [0.1, 0.15) is 5.52 Å². The molecule has 2 heterocycles. The number of nitrogens with one attached hydrogen (secondary N) is 1. The minimum absolute atomic E-state index is 0.0393. The number of rotatable bonds is 4. The Balaban J connectivity index is 1.81. The molecule has 1 unspecified atom stereocenters. The fraction of sp³-hybridized carbons (Fsp3) is 0.357. The SMILES string of the molecule is O=C(O)c1nc2cccc(C(=O)NCC3CCCO3)c2o1. The number of hydrogen-bond donors (Lipinski definition) is 2. The van der Waals surface area contributed by atoms with Crippen LogP contribution in [0, 0.1) is 0 Å². The van der Waals surface area contributed by atoms with E-state index in [-0.39, 0.29) is 23.2 Å². The van der Waals surface area contributed by atoms with Crippen LogP contribution < -0.4 is 5.32 Å². The van der Waals surface area contributed by atoms with Crippen LogP contribution in [0.25, 0.3) is 11.1 Å². The number of carbonyl (C=O) groups is 2. The van der Waals surface area contributed by atoms with Crippen molar-refractivity contribution in [3.63, 3.8) is 0 Å². The Hall–Kier alpha value is -2.41. The van der Waals surface area contributed by atoms with Crippen molar-refractivity contribution in [3.8, 4) is 0 Å². The molecule has 2 aromatic rings. The molecule has 1 aliphatic heterocycles. The summed E-state index contributed by atoms with van der Waals surface area (Å²) in [5.74, 6) is -2.02. The van der Waals surface area contributed by atoms with E-state index in [2.05, 4.69) is 10.3 Å². The normalized spacial score (nSPS) is 18.0. The van der Waals surface area contributed by atoms with E-state index in [9.17, 15) is 9.59 Å². The van der Waals surface area contributed by atoms with Crippen molar-refractivity contribution >= 4 is 23.0 Å². The van der Waals surface area contributed by atoms with Crippen LogP contribution in [0.15, 0.2) is 22.6 Å². The van der Waals surface area contributed by atoms with Gasteiger partial charge >= 0.3 is 11.9 Å². The highest BCUT2D eigenvalue weighted by Gasteiger charge is 2.20. The average Bonchev–Trinajstić information content (AvgIpc) is 3.12. The number of hydrogen-bond acceptors (Lipinski definition) is 5. The number of aromatic carboxylic acids is 1. The lowest BCUT2D eigenvalue weighted by atomic mass is 10.1. The largest absolute Gasteiger partial charge is 0.474 e. The molecular formula is C14H14N2O5. The van der Waals surface area contributed by atoms with E-state index in [0.717, 1.165) is 19.4 Å². The van der Waals surface area contributed by atoms with E-state index in [1.54, 1.807) is 18.2 Å². The topological polar surface area (TPSA) is 102 Å². The van der Waals surface area contributed by atoms with Crippen LogP contribution in [0.1, 0.15) is 33.9 Å². The van der Waals surface area contributed by atoms with Crippen LogP contribution in [0.2, 0.25) is 0 Å². The van der Waals surface area contributed by atoms with E-state index in [1.807, 2.05) is 0 Å². The number of oxazole rings is 1. The molecule has 1 fully saturated rings. The molecule has 0 aliphatic carbocycles. The molecule has 2 N–H and O–H groups in total. The Bertz CT molecular complexity index is 688. The maximum atomic E-state index is 12.2. The number of benzene rings is 1. The summed E-state index contributed by atoms with van der Waals surface area (Å²) in [6, 6.07) is 4.81. The summed E-state index contributed by atoms with van der Waals surface area (Å²) in [5, 5.41) is 11.7. The molecule has 0 bridgehead atoms. The molecule has 7 heteroatoms. The van der Waals surface area contributed by atoms with Gasteiger partial charge in [-0.05, 0) is 25.0 Å². The van der Waals surface area contributed by atoms with Crippen LogP contribution in [0.3, 0.4) is 0 Å². The average molecular weight is 290 g/mol. The van der Waals surface area contributed by atoms with Gasteiger partial charge in [0.2, 0.25) is 0 Å². The highest BCUT2D eigenvalue weighted by molar-refractivity contribution is 6.04. The monoisotopic (exact) mass is 290 g/mol. The Morgan fingerprint density at radius 3 is 3.00 bits per heavy atom. The second-order valence-electron chi connectivity index (χ2n) is 4.82. The number of nitrogens with zero attached hydrogens (tertiary/aromatic N) is 1. The Morgan fingerprint density at radius 1 is 1.43 bits per heavy atom. The molecule has 1 saturated heterocycles. The summed E-state index contributed by atoms with van der Waals surface area (Å²) in [6.45, 7) is 1.15. The molecule has 1 atom stereocenters. The van der Waals surface area contributed by atoms with Gasteiger partial charge in [-0.3, -0.25) is 4.79 Å². The van der Waals surface area contributed by atoms with Crippen molar-refractivity contribution in [1.82, 2.24) is 10.3 Å². The maximum Gasteiger partial charge on any atom is 0.392 e.